The highest BCUT2D eigenvalue weighted by Crippen LogP contribution is 2.34. The largest absolute Gasteiger partial charge is 0.391 e. The summed E-state index contributed by atoms with van der Waals surface area (Å²) in [5.41, 5.74) is -0.139. The summed E-state index contributed by atoms with van der Waals surface area (Å²) in [5, 5.41) is 24.4. The van der Waals surface area contributed by atoms with E-state index >= 15 is 0 Å². The summed E-state index contributed by atoms with van der Waals surface area (Å²) in [6.07, 6.45) is 4.33. The molecule has 0 amide bonds. The van der Waals surface area contributed by atoms with Crippen LogP contribution in [0.5, 0.6) is 0 Å². The highest BCUT2D eigenvalue weighted by molar-refractivity contribution is 5.70. The van der Waals surface area contributed by atoms with Crippen LogP contribution in [-0.4, -0.2) is 45.7 Å². The van der Waals surface area contributed by atoms with Crippen LogP contribution in [0.1, 0.15) is 32.6 Å². The average Bonchev–Trinajstić information content (AvgIpc) is 2.47. The van der Waals surface area contributed by atoms with Gasteiger partial charge >= 0.3 is 5.69 Å². The number of hydrogen-bond acceptors (Lipinski definition) is 7. The minimum absolute atomic E-state index is 0.139. The van der Waals surface area contributed by atoms with Gasteiger partial charge in [-0.05, 0) is 19.8 Å². The Kier molecular flexibility index (Phi) is 4.89. The second-order valence-electron chi connectivity index (χ2n) is 5.21. The molecule has 1 fully saturated rings. The predicted molar refractivity (Wildman–Crippen MR) is 79.5 cm³/mol. The van der Waals surface area contributed by atoms with Crippen LogP contribution in [0.25, 0.3) is 0 Å². The molecule has 8 nitrogen and oxygen atoms in total. The number of nitro groups is 1. The second kappa shape index (κ2) is 6.66. The van der Waals surface area contributed by atoms with Crippen molar-refractivity contribution >= 4 is 17.3 Å². The molecular weight excluding hydrogens is 274 g/mol. The van der Waals surface area contributed by atoms with E-state index < -0.39 is 11.0 Å². The van der Waals surface area contributed by atoms with Crippen molar-refractivity contribution in [3.8, 4) is 0 Å². The lowest BCUT2D eigenvalue weighted by Crippen LogP contribution is -2.44. The van der Waals surface area contributed by atoms with Crippen LogP contribution in [0.2, 0.25) is 0 Å². The predicted octanol–water partition coefficient (Wildman–Crippen LogP) is 1.56. The molecule has 2 unspecified atom stereocenters. The molecule has 1 aromatic rings. The van der Waals surface area contributed by atoms with Crippen LogP contribution in [0.4, 0.5) is 17.3 Å². The number of aliphatic hydroxyl groups is 1. The maximum Gasteiger partial charge on any atom is 0.353 e. The molecule has 2 atom stereocenters. The number of anilines is 2. The molecule has 2 N–H and O–H groups in total. The van der Waals surface area contributed by atoms with Gasteiger partial charge in [0.1, 0.15) is 6.33 Å². The van der Waals surface area contributed by atoms with E-state index in [1.807, 2.05) is 6.92 Å². The Morgan fingerprint density at radius 3 is 2.81 bits per heavy atom. The van der Waals surface area contributed by atoms with Gasteiger partial charge in [0.2, 0.25) is 11.6 Å². The number of aromatic nitrogens is 2. The second-order valence-corrected chi connectivity index (χ2v) is 5.21. The van der Waals surface area contributed by atoms with E-state index in [4.69, 9.17) is 0 Å². The molecular formula is C13H21N5O3. The van der Waals surface area contributed by atoms with E-state index in [9.17, 15) is 15.2 Å². The van der Waals surface area contributed by atoms with Gasteiger partial charge in [-0.3, -0.25) is 10.1 Å². The SMILES string of the molecule is CCNc1ncnc(N(C)C2CCCCC2O)c1[N+](=O)[O-]. The summed E-state index contributed by atoms with van der Waals surface area (Å²) in [7, 11) is 1.74. The molecule has 0 spiro atoms. The van der Waals surface area contributed by atoms with Gasteiger partial charge in [-0.2, -0.15) is 0 Å². The van der Waals surface area contributed by atoms with Crippen LogP contribution in [0, 0.1) is 10.1 Å². The van der Waals surface area contributed by atoms with E-state index in [-0.39, 0.29) is 23.4 Å². The molecule has 0 aromatic carbocycles. The number of nitrogens with zero attached hydrogens (tertiary/aromatic N) is 4. The zero-order chi connectivity index (χ0) is 15.4. The monoisotopic (exact) mass is 295 g/mol. The number of aliphatic hydroxyl groups excluding tert-OH is 1. The Hall–Kier alpha value is -1.96. The average molecular weight is 295 g/mol. The Labute approximate surface area is 123 Å². The van der Waals surface area contributed by atoms with Gasteiger partial charge in [0.15, 0.2) is 0 Å². The molecule has 2 rings (SSSR count). The number of rotatable bonds is 5. The van der Waals surface area contributed by atoms with Gasteiger partial charge in [0.05, 0.1) is 17.1 Å². The maximum atomic E-state index is 11.4. The molecule has 0 radical (unpaired) electrons. The Balaban J connectivity index is 2.37. The maximum absolute atomic E-state index is 11.4. The normalized spacial score (nSPS) is 21.9. The molecule has 1 aliphatic carbocycles. The summed E-state index contributed by atoms with van der Waals surface area (Å²) >= 11 is 0. The molecule has 0 bridgehead atoms. The number of likely N-dealkylation sites (N-methyl/N-ethyl adjacent to an activating group) is 1. The van der Waals surface area contributed by atoms with Gasteiger partial charge in [-0.1, -0.05) is 12.8 Å². The van der Waals surface area contributed by atoms with Gasteiger partial charge < -0.3 is 15.3 Å². The van der Waals surface area contributed by atoms with E-state index in [0.717, 1.165) is 19.3 Å². The third kappa shape index (κ3) is 3.21. The van der Waals surface area contributed by atoms with E-state index in [1.54, 1.807) is 11.9 Å². The first kappa shape index (κ1) is 15.4. The van der Waals surface area contributed by atoms with Crippen LogP contribution < -0.4 is 10.2 Å². The van der Waals surface area contributed by atoms with Crippen LogP contribution in [0.15, 0.2) is 6.33 Å². The molecule has 8 heteroatoms. The Morgan fingerprint density at radius 2 is 2.19 bits per heavy atom. The van der Waals surface area contributed by atoms with E-state index in [2.05, 4.69) is 15.3 Å². The highest BCUT2D eigenvalue weighted by atomic mass is 16.6. The fraction of sp³-hybridized carbons (Fsp3) is 0.692. The van der Waals surface area contributed by atoms with Crippen molar-refractivity contribution in [2.45, 2.75) is 44.8 Å². The summed E-state index contributed by atoms with van der Waals surface area (Å²) in [5.74, 6) is 0.460. The molecule has 1 saturated carbocycles. The van der Waals surface area contributed by atoms with E-state index in [1.165, 1.54) is 6.33 Å². The zero-order valence-electron chi connectivity index (χ0n) is 12.3. The summed E-state index contributed by atoms with van der Waals surface area (Å²) in [6, 6.07) is -0.151. The Bertz CT molecular complexity index is 511. The van der Waals surface area contributed by atoms with Gasteiger partial charge in [-0.15, -0.1) is 0 Å². The van der Waals surface area contributed by atoms with Gasteiger partial charge in [0, 0.05) is 13.6 Å². The quantitative estimate of drug-likeness (QED) is 0.627. The lowest BCUT2D eigenvalue weighted by Gasteiger charge is -2.35. The van der Waals surface area contributed by atoms with Crippen molar-refractivity contribution in [1.29, 1.82) is 0 Å². The summed E-state index contributed by atoms with van der Waals surface area (Å²) < 4.78 is 0. The summed E-state index contributed by atoms with van der Waals surface area (Å²) in [6.45, 7) is 2.38. The fourth-order valence-electron chi connectivity index (χ4n) is 2.79. The highest BCUT2D eigenvalue weighted by Gasteiger charge is 2.33. The molecule has 0 aliphatic heterocycles. The summed E-state index contributed by atoms with van der Waals surface area (Å²) in [4.78, 5) is 20.6. The third-order valence-electron chi connectivity index (χ3n) is 3.86. The number of hydrogen-bond donors (Lipinski definition) is 2. The van der Waals surface area contributed by atoms with Crippen molar-refractivity contribution in [2.75, 3.05) is 23.8 Å². The van der Waals surface area contributed by atoms with Crippen molar-refractivity contribution < 1.29 is 10.0 Å². The van der Waals surface area contributed by atoms with Crippen molar-refractivity contribution in [3.05, 3.63) is 16.4 Å². The molecule has 1 aliphatic rings. The third-order valence-corrected chi connectivity index (χ3v) is 3.86. The van der Waals surface area contributed by atoms with Crippen molar-refractivity contribution in [2.24, 2.45) is 0 Å². The zero-order valence-corrected chi connectivity index (χ0v) is 12.3. The minimum atomic E-state index is -0.485. The van der Waals surface area contributed by atoms with Crippen molar-refractivity contribution in [3.63, 3.8) is 0 Å². The molecule has 21 heavy (non-hydrogen) atoms. The van der Waals surface area contributed by atoms with Crippen molar-refractivity contribution in [1.82, 2.24) is 9.97 Å². The first-order valence-electron chi connectivity index (χ1n) is 7.20. The van der Waals surface area contributed by atoms with Gasteiger partial charge in [0.25, 0.3) is 0 Å². The molecule has 0 saturated heterocycles. The number of nitrogens with one attached hydrogen (secondary N) is 1. The molecule has 116 valence electrons. The van der Waals surface area contributed by atoms with Gasteiger partial charge in [-0.25, -0.2) is 9.97 Å². The topological polar surface area (TPSA) is 104 Å². The first-order chi connectivity index (χ1) is 10.1. The minimum Gasteiger partial charge on any atom is -0.391 e. The standard InChI is InChI=1S/C13H21N5O3/c1-3-14-12-11(18(20)21)13(16-8-15-12)17(2)9-6-4-5-7-10(9)19/h8-10,19H,3-7H2,1-2H3,(H,14,15,16). The fourth-order valence-corrected chi connectivity index (χ4v) is 2.79. The lowest BCUT2D eigenvalue weighted by atomic mass is 9.91. The lowest BCUT2D eigenvalue weighted by molar-refractivity contribution is -0.383. The molecule has 1 heterocycles. The Morgan fingerprint density at radius 1 is 1.48 bits per heavy atom. The smallest absolute Gasteiger partial charge is 0.353 e. The van der Waals surface area contributed by atoms with E-state index in [0.29, 0.717) is 13.0 Å². The molecule has 1 aromatic heterocycles. The van der Waals surface area contributed by atoms with Crippen LogP contribution in [0.3, 0.4) is 0 Å². The van der Waals surface area contributed by atoms with Crippen LogP contribution >= 0.6 is 0 Å². The first-order valence-corrected chi connectivity index (χ1v) is 7.20. The van der Waals surface area contributed by atoms with Crippen LogP contribution in [-0.2, 0) is 0 Å².